The standard InChI is InChI=1S/C23H26N4O/c24-20-22(25-16-26-23(20)28-19-14-8-3-9-15-19)27-21(17-10-4-1-5-11-17)18-12-6-2-7-13-18/h1-2,4-7,10-13,16,19,21H,3,8-9,14-15,24H2,(H,25,26,27). The highest BCUT2D eigenvalue weighted by Gasteiger charge is 2.20. The van der Waals surface area contributed by atoms with Crippen LogP contribution in [-0.4, -0.2) is 16.1 Å². The van der Waals surface area contributed by atoms with E-state index in [1.165, 1.54) is 25.6 Å². The van der Waals surface area contributed by atoms with Crippen LogP contribution >= 0.6 is 0 Å². The van der Waals surface area contributed by atoms with Crippen molar-refractivity contribution in [2.24, 2.45) is 0 Å². The van der Waals surface area contributed by atoms with E-state index in [-0.39, 0.29) is 12.1 Å². The Hall–Kier alpha value is -3.08. The van der Waals surface area contributed by atoms with E-state index >= 15 is 0 Å². The summed E-state index contributed by atoms with van der Waals surface area (Å²) in [5.41, 5.74) is 9.14. The van der Waals surface area contributed by atoms with Gasteiger partial charge in [0.1, 0.15) is 18.1 Å². The van der Waals surface area contributed by atoms with Crippen molar-refractivity contribution in [3.63, 3.8) is 0 Å². The molecule has 2 aromatic carbocycles. The van der Waals surface area contributed by atoms with Gasteiger partial charge in [0.05, 0.1) is 6.04 Å². The second-order valence-corrected chi connectivity index (χ2v) is 7.22. The Morgan fingerprint density at radius 2 is 1.46 bits per heavy atom. The number of hydrogen-bond donors (Lipinski definition) is 2. The van der Waals surface area contributed by atoms with Crippen LogP contribution in [0.25, 0.3) is 0 Å². The number of nitrogens with two attached hydrogens (primary N) is 1. The summed E-state index contributed by atoms with van der Waals surface area (Å²) in [4.78, 5) is 8.68. The average Bonchev–Trinajstić information content (AvgIpc) is 2.76. The number of nitrogen functional groups attached to an aromatic ring is 1. The lowest BCUT2D eigenvalue weighted by Gasteiger charge is -2.24. The van der Waals surface area contributed by atoms with E-state index in [0.717, 1.165) is 24.0 Å². The molecule has 0 atom stereocenters. The van der Waals surface area contributed by atoms with E-state index in [1.807, 2.05) is 36.4 Å². The number of benzene rings is 2. The second kappa shape index (κ2) is 8.74. The van der Waals surface area contributed by atoms with Gasteiger partial charge in [-0.15, -0.1) is 0 Å². The van der Waals surface area contributed by atoms with E-state index < -0.39 is 0 Å². The molecule has 4 rings (SSSR count). The predicted octanol–water partition coefficient (Wildman–Crippen LogP) is 4.97. The molecule has 144 valence electrons. The molecule has 3 N–H and O–H groups in total. The molecule has 28 heavy (non-hydrogen) atoms. The summed E-state index contributed by atoms with van der Waals surface area (Å²) in [5, 5.41) is 3.50. The second-order valence-electron chi connectivity index (χ2n) is 7.22. The minimum absolute atomic E-state index is 0.0675. The van der Waals surface area contributed by atoms with E-state index in [0.29, 0.717) is 17.4 Å². The predicted molar refractivity (Wildman–Crippen MR) is 112 cm³/mol. The molecule has 5 nitrogen and oxygen atoms in total. The zero-order valence-electron chi connectivity index (χ0n) is 15.9. The summed E-state index contributed by atoms with van der Waals surface area (Å²) >= 11 is 0. The molecule has 1 fully saturated rings. The number of nitrogens with one attached hydrogen (secondary N) is 1. The zero-order chi connectivity index (χ0) is 19.2. The number of rotatable bonds is 6. The van der Waals surface area contributed by atoms with Crippen molar-refractivity contribution in [1.82, 2.24) is 9.97 Å². The monoisotopic (exact) mass is 374 g/mol. The number of aromatic nitrogens is 2. The van der Waals surface area contributed by atoms with Crippen molar-refractivity contribution in [3.8, 4) is 5.88 Å². The van der Waals surface area contributed by atoms with Gasteiger partial charge in [-0.05, 0) is 36.8 Å². The lowest BCUT2D eigenvalue weighted by atomic mass is 9.98. The molecule has 0 radical (unpaired) electrons. The average molecular weight is 374 g/mol. The van der Waals surface area contributed by atoms with Gasteiger partial charge in [0.15, 0.2) is 5.82 Å². The first-order valence-electron chi connectivity index (χ1n) is 9.95. The first-order chi connectivity index (χ1) is 13.8. The van der Waals surface area contributed by atoms with Gasteiger partial charge in [-0.25, -0.2) is 4.98 Å². The van der Waals surface area contributed by atoms with Crippen LogP contribution in [0.5, 0.6) is 5.88 Å². The Balaban J connectivity index is 1.61. The van der Waals surface area contributed by atoms with Crippen molar-refractivity contribution in [1.29, 1.82) is 0 Å². The van der Waals surface area contributed by atoms with Crippen molar-refractivity contribution < 1.29 is 4.74 Å². The summed E-state index contributed by atoms with van der Waals surface area (Å²) in [6.07, 6.45) is 7.51. The molecule has 1 heterocycles. The van der Waals surface area contributed by atoms with Crippen LogP contribution < -0.4 is 15.8 Å². The zero-order valence-corrected chi connectivity index (χ0v) is 15.9. The normalized spacial score (nSPS) is 14.8. The van der Waals surface area contributed by atoms with Crippen LogP contribution in [0.4, 0.5) is 11.5 Å². The van der Waals surface area contributed by atoms with Gasteiger partial charge in [-0.1, -0.05) is 67.1 Å². The molecular weight excluding hydrogens is 348 g/mol. The summed E-state index contributed by atoms with van der Waals surface area (Å²) in [6.45, 7) is 0. The van der Waals surface area contributed by atoms with Crippen LogP contribution in [-0.2, 0) is 0 Å². The van der Waals surface area contributed by atoms with Crippen LogP contribution in [0.15, 0.2) is 67.0 Å². The summed E-state index contributed by atoms with van der Waals surface area (Å²) in [5.74, 6) is 1.07. The number of nitrogens with zero attached hydrogens (tertiary/aromatic N) is 2. The highest BCUT2D eigenvalue weighted by molar-refractivity contribution is 5.67. The maximum Gasteiger partial charge on any atom is 0.242 e. The van der Waals surface area contributed by atoms with E-state index in [9.17, 15) is 0 Å². The summed E-state index contributed by atoms with van der Waals surface area (Å²) < 4.78 is 6.10. The molecule has 3 aromatic rings. The molecule has 0 amide bonds. The molecule has 0 saturated heterocycles. The molecule has 0 unspecified atom stereocenters. The first kappa shape index (κ1) is 18.3. The van der Waals surface area contributed by atoms with E-state index in [1.54, 1.807) is 0 Å². The maximum atomic E-state index is 6.39. The Bertz CT molecular complexity index is 840. The SMILES string of the molecule is Nc1c(NC(c2ccccc2)c2ccccc2)ncnc1OC1CCCCC1. The molecule has 0 aliphatic heterocycles. The molecule has 1 aromatic heterocycles. The van der Waals surface area contributed by atoms with E-state index in [2.05, 4.69) is 39.6 Å². The van der Waals surface area contributed by atoms with Gasteiger partial charge in [0.2, 0.25) is 5.88 Å². The summed E-state index contributed by atoms with van der Waals surface area (Å²) in [7, 11) is 0. The third kappa shape index (κ3) is 4.25. The molecule has 1 saturated carbocycles. The number of anilines is 2. The fourth-order valence-corrected chi connectivity index (χ4v) is 3.72. The quantitative estimate of drug-likeness (QED) is 0.637. The van der Waals surface area contributed by atoms with Crippen LogP contribution in [0.2, 0.25) is 0 Å². The number of ether oxygens (including phenoxy) is 1. The topological polar surface area (TPSA) is 73.1 Å². The van der Waals surface area contributed by atoms with Gasteiger partial charge in [-0.2, -0.15) is 4.98 Å². The van der Waals surface area contributed by atoms with Gasteiger partial charge in [-0.3, -0.25) is 0 Å². The van der Waals surface area contributed by atoms with Crippen LogP contribution in [0.1, 0.15) is 49.3 Å². The lowest BCUT2D eigenvalue weighted by Crippen LogP contribution is -2.21. The van der Waals surface area contributed by atoms with Crippen LogP contribution in [0, 0.1) is 0 Å². The van der Waals surface area contributed by atoms with Crippen molar-refractivity contribution >= 4 is 11.5 Å². The Kier molecular flexibility index (Phi) is 5.71. The highest BCUT2D eigenvalue weighted by atomic mass is 16.5. The maximum absolute atomic E-state index is 6.39. The Morgan fingerprint density at radius 1 is 0.857 bits per heavy atom. The smallest absolute Gasteiger partial charge is 0.242 e. The minimum Gasteiger partial charge on any atom is -0.473 e. The highest BCUT2D eigenvalue weighted by Crippen LogP contribution is 2.33. The number of hydrogen-bond acceptors (Lipinski definition) is 5. The third-order valence-corrected chi connectivity index (χ3v) is 5.22. The fraction of sp³-hybridized carbons (Fsp3) is 0.304. The molecule has 5 heteroatoms. The molecular formula is C23H26N4O. The Labute approximate surface area is 166 Å². The largest absolute Gasteiger partial charge is 0.473 e. The third-order valence-electron chi connectivity index (χ3n) is 5.22. The Morgan fingerprint density at radius 3 is 2.07 bits per heavy atom. The molecule has 1 aliphatic rings. The first-order valence-corrected chi connectivity index (χ1v) is 9.95. The van der Waals surface area contributed by atoms with Crippen LogP contribution in [0.3, 0.4) is 0 Å². The fourth-order valence-electron chi connectivity index (χ4n) is 3.72. The molecule has 0 spiro atoms. The molecule has 0 bridgehead atoms. The van der Waals surface area contributed by atoms with Gasteiger partial charge in [0, 0.05) is 0 Å². The van der Waals surface area contributed by atoms with Gasteiger partial charge >= 0.3 is 0 Å². The van der Waals surface area contributed by atoms with Gasteiger partial charge < -0.3 is 15.8 Å². The van der Waals surface area contributed by atoms with Crippen molar-refractivity contribution in [2.45, 2.75) is 44.2 Å². The summed E-state index contributed by atoms with van der Waals surface area (Å²) in [6, 6.07) is 20.5. The minimum atomic E-state index is -0.0675. The molecule has 1 aliphatic carbocycles. The van der Waals surface area contributed by atoms with E-state index in [4.69, 9.17) is 10.5 Å². The van der Waals surface area contributed by atoms with Crippen molar-refractivity contribution in [3.05, 3.63) is 78.1 Å². The van der Waals surface area contributed by atoms with Crippen molar-refractivity contribution in [2.75, 3.05) is 11.1 Å². The van der Waals surface area contributed by atoms with Gasteiger partial charge in [0.25, 0.3) is 0 Å². The lowest BCUT2D eigenvalue weighted by molar-refractivity contribution is 0.149.